The lowest BCUT2D eigenvalue weighted by atomic mass is 10.2. The van der Waals surface area contributed by atoms with E-state index in [1.165, 1.54) is 0 Å². The van der Waals surface area contributed by atoms with Crippen molar-refractivity contribution < 1.29 is 0 Å². The van der Waals surface area contributed by atoms with E-state index >= 15 is 0 Å². The first-order valence-electron chi connectivity index (χ1n) is 3.32. The second-order valence-electron chi connectivity index (χ2n) is 2.13. The molecule has 1 unspecified atom stereocenters. The highest BCUT2D eigenvalue weighted by Crippen LogP contribution is 2.28. The molecule has 1 rings (SSSR count). The normalized spacial score (nSPS) is 12.9. The second kappa shape index (κ2) is 3.90. The topological polar surface area (TPSA) is 12.0 Å². The maximum absolute atomic E-state index is 5.91. The fraction of sp³-hybridized carbons (Fsp3) is 0.250. The van der Waals surface area contributed by atoms with Crippen molar-refractivity contribution >= 4 is 22.9 Å². The molecule has 1 N–H and O–H groups in total. The molecule has 0 aromatic carbocycles. The molecule has 0 fully saturated rings. The first-order chi connectivity index (χ1) is 5.29. The van der Waals surface area contributed by atoms with Gasteiger partial charge in [-0.15, -0.1) is 17.9 Å². The molecule has 0 aliphatic rings. The van der Waals surface area contributed by atoms with Gasteiger partial charge in [0.25, 0.3) is 0 Å². The monoisotopic (exact) mass is 187 g/mol. The van der Waals surface area contributed by atoms with E-state index in [1.807, 2.05) is 24.6 Å². The standard InChI is InChI=1S/C8H10ClNS/c1-3-7(10-2)8-6(9)4-5-11-8/h3-5,7,10H,1H2,2H3. The van der Waals surface area contributed by atoms with E-state index in [4.69, 9.17) is 11.6 Å². The molecule has 1 aromatic rings. The van der Waals surface area contributed by atoms with E-state index < -0.39 is 0 Å². The van der Waals surface area contributed by atoms with Crippen LogP contribution in [-0.4, -0.2) is 7.05 Å². The van der Waals surface area contributed by atoms with Crippen molar-refractivity contribution in [1.82, 2.24) is 5.32 Å². The molecule has 0 aliphatic heterocycles. The van der Waals surface area contributed by atoms with Crippen LogP contribution in [0, 0.1) is 0 Å². The van der Waals surface area contributed by atoms with Crippen LogP contribution in [0.1, 0.15) is 10.9 Å². The Balaban J connectivity index is 2.89. The predicted molar refractivity (Wildman–Crippen MR) is 51.3 cm³/mol. The zero-order chi connectivity index (χ0) is 8.27. The van der Waals surface area contributed by atoms with Crippen molar-refractivity contribution in [2.24, 2.45) is 0 Å². The summed E-state index contributed by atoms with van der Waals surface area (Å²) in [6, 6.07) is 2.08. The first kappa shape index (κ1) is 8.78. The number of hydrogen-bond donors (Lipinski definition) is 1. The third kappa shape index (κ3) is 1.83. The molecule has 3 heteroatoms. The van der Waals surface area contributed by atoms with Gasteiger partial charge in [0.15, 0.2) is 0 Å². The summed E-state index contributed by atoms with van der Waals surface area (Å²) < 4.78 is 0. The molecule has 1 aromatic heterocycles. The van der Waals surface area contributed by atoms with Crippen LogP contribution in [0.15, 0.2) is 24.1 Å². The lowest BCUT2D eigenvalue weighted by Crippen LogP contribution is -2.12. The van der Waals surface area contributed by atoms with Crippen molar-refractivity contribution in [2.45, 2.75) is 6.04 Å². The minimum atomic E-state index is 0.183. The fourth-order valence-corrected chi connectivity index (χ4v) is 2.16. The van der Waals surface area contributed by atoms with Gasteiger partial charge >= 0.3 is 0 Å². The van der Waals surface area contributed by atoms with Crippen molar-refractivity contribution in [3.8, 4) is 0 Å². The minimum Gasteiger partial charge on any atom is -0.309 e. The lowest BCUT2D eigenvalue weighted by molar-refractivity contribution is 0.729. The summed E-state index contributed by atoms with van der Waals surface area (Å²) in [6.45, 7) is 3.71. The Bertz CT molecular complexity index is 244. The number of thiophene rings is 1. The van der Waals surface area contributed by atoms with Crippen LogP contribution >= 0.6 is 22.9 Å². The first-order valence-corrected chi connectivity index (χ1v) is 4.58. The quantitative estimate of drug-likeness (QED) is 0.718. The maximum atomic E-state index is 5.91. The molecular weight excluding hydrogens is 178 g/mol. The molecule has 0 saturated carbocycles. The molecule has 0 bridgehead atoms. The van der Waals surface area contributed by atoms with Crippen LogP contribution in [0.3, 0.4) is 0 Å². The molecule has 1 atom stereocenters. The summed E-state index contributed by atoms with van der Waals surface area (Å²) in [5.74, 6) is 0. The summed E-state index contributed by atoms with van der Waals surface area (Å²) in [7, 11) is 1.89. The van der Waals surface area contributed by atoms with Crippen molar-refractivity contribution in [3.63, 3.8) is 0 Å². The molecule has 0 aliphatic carbocycles. The Kier molecular flexibility index (Phi) is 3.12. The van der Waals surface area contributed by atoms with Gasteiger partial charge < -0.3 is 5.32 Å². The second-order valence-corrected chi connectivity index (χ2v) is 3.49. The summed E-state index contributed by atoms with van der Waals surface area (Å²) in [5.41, 5.74) is 0. The Hall–Kier alpha value is -0.310. The van der Waals surface area contributed by atoms with Crippen LogP contribution in [-0.2, 0) is 0 Å². The molecule has 0 saturated heterocycles. The zero-order valence-electron chi connectivity index (χ0n) is 6.30. The van der Waals surface area contributed by atoms with Gasteiger partial charge in [-0.05, 0) is 18.5 Å². The molecule has 0 amide bonds. The number of likely N-dealkylation sites (N-methyl/N-ethyl adjacent to an activating group) is 1. The molecule has 1 heterocycles. The summed E-state index contributed by atoms with van der Waals surface area (Å²) >= 11 is 7.56. The van der Waals surface area contributed by atoms with E-state index in [1.54, 1.807) is 11.3 Å². The average molecular weight is 188 g/mol. The Morgan fingerprint density at radius 1 is 1.82 bits per heavy atom. The number of halogens is 1. The van der Waals surface area contributed by atoms with Crippen molar-refractivity contribution in [2.75, 3.05) is 7.05 Å². The van der Waals surface area contributed by atoms with E-state index in [0.29, 0.717) is 0 Å². The van der Waals surface area contributed by atoms with Gasteiger partial charge in [-0.3, -0.25) is 0 Å². The van der Waals surface area contributed by atoms with Gasteiger partial charge in [-0.1, -0.05) is 17.7 Å². The highest BCUT2D eigenvalue weighted by Gasteiger charge is 2.09. The maximum Gasteiger partial charge on any atom is 0.0610 e. The van der Waals surface area contributed by atoms with Gasteiger partial charge in [0, 0.05) is 4.88 Å². The minimum absolute atomic E-state index is 0.183. The van der Waals surface area contributed by atoms with Crippen molar-refractivity contribution in [3.05, 3.63) is 34.0 Å². The summed E-state index contributed by atoms with van der Waals surface area (Å²) in [5, 5.41) is 5.89. The van der Waals surface area contributed by atoms with E-state index in [0.717, 1.165) is 9.90 Å². The number of nitrogens with one attached hydrogen (secondary N) is 1. The molecule has 11 heavy (non-hydrogen) atoms. The number of rotatable bonds is 3. The predicted octanol–water partition coefficient (Wildman–Crippen LogP) is 2.85. The fourth-order valence-electron chi connectivity index (χ4n) is 0.883. The Morgan fingerprint density at radius 3 is 2.91 bits per heavy atom. The van der Waals surface area contributed by atoms with E-state index in [-0.39, 0.29) is 6.04 Å². The van der Waals surface area contributed by atoms with E-state index in [9.17, 15) is 0 Å². The smallest absolute Gasteiger partial charge is 0.0610 e. The van der Waals surface area contributed by atoms with Crippen LogP contribution in [0.25, 0.3) is 0 Å². The third-order valence-corrected chi connectivity index (χ3v) is 2.92. The van der Waals surface area contributed by atoms with Gasteiger partial charge in [0.05, 0.1) is 11.1 Å². The lowest BCUT2D eigenvalue weighted by Gasteiger charge is -2.08. The van der Waals surface area contributed by atoms with Crippen LogP contribution in [0.2, 0.25) is 5.02 Å². The largest absolute Gasteiger partial charge is 0.309 e. The number of hydrogen-bond acceptors (Lipinski definition) is 2. The Morgan fingerprint density at radius 2 is 2.55 bits per heavy atom. The third-order valence-electron chi connectivity index (χ3n) is 1.47. The molecule has 60 valence electrons. The van der Waals surface area contributed by atoms with Crippen molar-refractivity contribution in [1.29, 1.82) is 0 Å². The van der Waals surface area contributed by atoms with E-state index in [2.05, 4.69) is 11.9 Å². The molecule has 0 spiro atoms. The highest BCUT2D eigenvalue weighted by molar-refractivity contribution is 7.10. The SMILES string of the molecule is C=CC(NC)c1sccc1Cl. The van der Waals surface area contributed by atoms with Gasteiger partial charge in [-0.2, -0.15) is 0 Å². The molecule has 0 radical (unpaired) electrons. The Labute approximate surface area is 75.7 Å². The summed E-state index contributed by atoms with van der Waals surface area (Å²) in [6.07, 6.45) is 1.84. The highest BCUT2D eigenvalue weighted by atomic mass is 35.5. The zero-order valence-corrected chi connectivity index (χ0v) is 7.88. The van der Waals surface area contributed by atoms with Gasteiger partial charge in [0.2, 0.25) is 0 Å². The van der Waals surface area contributed by atoms with Gasteiger partial charge in [0.1, 0.15) is 0 Å². The van der Waals surface area contributed by atoms with Crippen LogP contribution < -0.4 is 5.32 Å². The molecule has 1 nitrogen and oxygen atoms in total. The van der Waals surface area contributed by atoms with Gasteiger partial charge in [-0.25, -0.2) is 0 Å². The summed E-state index contributed by atoms with van der Waals surface area (Å²) in [4.78, 5) is 1.13. The average Bonchev–Trinajstić information content (AvgIpc) is 2.40. The van der Waals surface area contributed by atoms with Crippen LogP contribution in [0.5, 0.6) is 0 Å². The molecular formula is C8H10ClNS. The van der Waals surface area contributed by atoms with Crippen LogP contribution in [0.4, 0.5) is 0 Å².